The Balaban J connectivity index is 1.52. The van der Waals surface area contributed by atoms with E-state index in [-0.39, 0.29) is 5.78 Å². The Morgan fingerprint density at radius 2 is 1.38 bits per heavy atom. The number of aromatic nitrogens is 2. The van der Waals surface area contributed by atoms with Crippen LogP contribution in [0, 0.1) is 0 Å². The molecule has 0 amide bonds. The van der Waals surface area contributed by atoms with Crippen molar-refractivity contribution in [3.05, 3.63) is 126 Å². The van der Waals surface area contributed by atoms with E-state index in [0.29, 0.717) is 5.82 Å². The van der Waals surface area contributed by atoms with Crippen LogP contribution in [0.15, 0.2) is 121 Å². The van der Waals surface area contributed by atoms with Crippen LogP contribution in [0.5, 0.6) is 0 Å². The second-order valence-corrected chi connectivity index (χ2v) is 8.16. The molecule has 0 aliphatic heterocycles. The first kappa shape index (κ1) is 21.5. The molecule has 1 aliphatic rings. The Hall–Kier alpha value is -4.37. The molecule has 3 nitrogen and oxygen atoms in total. The largest absolute Gasteiger partial charge is 0.289 e. The lowest BCUT2D eigenvalue weighted by molar-refractivity contribution is -0.111. The SMILES string of the molecule is O=C(/C=C/c1cccc(-c2cc(-c3ccccc3)nc(-c3ccccc3)n2)c1)C1=CCCC=C1. The number of rotatable bonds is 6. The molecule has 34 heavy (non-hydrogen) atoms. The van der Waals surface area contributed by atoms with Crippen LogP contribution in [0.4, 0.5) is 0 Å². The third kappa shape index (κ3) is 5.00. The first-order valence-electron chi connectivity index (χ1n) is 11.5. The van der Waals surface area contributed by atoms with Crippen molar-refractivity contribution in [3.8, 4) is 33.9 Å². The van der Waals surface area contributed by atoms with Gasteiger partial charge in [0.25, 0.3) is 0 Å². The van der Waals surface area contributed by atoms with Crippen molar-refractivity contribution in [2.24, 2.45) is 0 Å². The molecule has 1 heterocycles. The number of nitrogens with zero attached hydrogens (tertiary/aromatic N) is 2. The summed E-state index contributed by atoms with van der Waals surface area (Å²) < 4.78 is 0. The van der Waals surface area contributed by atoms with Crippen molar-refractivity contribution < 1.29 is 4.79 Å². The van der Waals surface area contributed by atoms with Gasteiger partial charge in [-0.3, -0.25) is 4.79 Å². The summed E-state index contributed by atoms with van der Waals surface area (Å²) in [6.45, 7) is 0. The first-order valence-corrected chi connectivity index (χ1v) is 11.5. The van der Waals surface area contributed by atoms with E-state index < -0.39 is 0 Å². The lowest BCUT2D eigenvalue weighted by atomic mass is 10.0. The van der Waals surface area contributed by atoms with Gasteiger partial charge in [0, 0.05) is 22.3 Å². The average Bonchev–Trinajstić information content (AvgIpc) is 2.93. The van der Waals surface area contributed by atoms with Crippen LogP contribution >= 0.6 is 0 Å². The minimum atomic E-state index is 0.0288. The van der Waals surface area contributed by atoms with E-state index in [1.165, 1.54) is 0 Å². The number of carbonyl (C=O) groups is 1. The molecule has 0 fully saturated rings. The van der Waals surface area contributed by atoms with Gasteiger partial charge in [0.1, 0.15) is 0 Å². The molecule has 0 radical (unpaired) electrons. The summed E-state index contributed by atoms with van der Waals surface area (Å²) in [7, 11) is 0. The van der Waals surface area contributed by atoms with Crippen LogP contribution in [-0.2, 0) is 4.79 Å². The zero-order chi connectivity index (χ0) is 23.2. The highest BCUT2D eigenvalue weighted by molar-refractivity contribution is 6.08. The summed E-state index contributed by atoms with van der Waals surface area (Å²) in [6, 6.07) is 30.3. The van der Waals surface area contributed by atoms with E-state index in [0.717, 1.165) is 52.1 Å². The highest BCUT2D eigenvalue weighted by Crippen LogP contribution is 2.28. The third-order valence-electron chi connectivity index (χ3n) is 5.72. The lowest BCUT2D eigenvalue weighted by Gasteiger charge is -2.10. The van der Waals surface area contributed by atoms with Gasteiger partial charge in [-0.1, -0.05) is 103 Å². The van der Waals surface area contributed by atoms with Crippen LogP contribution in [-0.4, -0.2) is 15.8 Å². The summed E-state index contributed by atoms with van der Waals surface area (Å²) in [6.07, 6.45) is 11.4. The molecule has 0 unspecified atom stereocenters. The molecule has 0 spiro atoms. The smallest absolute Gasteiger partial charge is 0.185 e. The number of benzene rings is 3. The van der Waals surface area contributed by atoms with Crippen LogP contribution < -0.4 is 0 Å². The summed E-state index contributed by atoms with van der Waals surface area (Å²) in [4.78, 5) is 22.2. The van der Waals surface area contributed by atoms with Crippen LogP contribution in [0.25, 0.3) is 40.0 Å². The van der Waals surface area contributed by atoms with Crippen LogP contribution in [0.3, 0.4) is 0 Å². The zero-order valence-electron chi connectivity index (χ0n) is 18.8. The Morgan fingerprint density at radius 1 is 0.706 bits per heavy atom. The fourth-order valence-electron chi connectivity index (χ4n) is 3.93. The van der Waals surface area contributed by atoms with E-state index in [9.17, 15) is 4.79 Å². The van der Waals surface area contributed by atoms with Crippen molar-refractivity contribution in [2.45, 2.75) is 12.8 Å². The van der Waals surface area contributed by atoms with Gasteiger partial charge in [-0.05, 0) is 36.6 Å². The summed E-state index contributed by atoms with van der Waals surface area (Å²) in [5.41, 5.74) is 6.41. The molecule has 0 bridgehead atoms. The molecule has 1 aromatic heterocycles. The van der Waals surface area contributed by atoms with Crippen molar-refractivity contribution >= 4 is 11.9 Å². The molecule has 4 aromatic rings. The monoisotopic (exact) mass is 440 g/mol. The minimum absolute atomic E-state index is 0.0288. The van der Waals surface area contributed by atoms with Crippen LogP contribution in [0.1, 0.15) is 18.4 Å². The maximum Gasteiger partial charge on any atom is 0.185 e. The number of hydrogen-bond acceptors (Lipinski definition) is 3. The van der Waals surface area contributed by atoms with Gasteiger partial charge in [-0.25, -0.2) is 9.97 Å². The van der Waals surface area contributed by atoms with Gasteiger partial charge in [0.15, 0.2) is 11.6 Å². The maximum absolute atomic E-state index is 12.5. The second-order valence-electron chi connectivity index (χ2n) is 8.16. The molecule has 3 aromatic carbocycles. The van der Waals surface area contributed by atoms with Gasteiger partial charge in [0.2, 0.25) is 0 Å². The quantitative estimate of drug-likeness (QED) is 0.295. The molecular weight excluding hydrogens is 416 g/mol. The Morgan fingerprint density at radius 3 is 2.09 bits per heavy atom. The molecular formula is C31H24N2O. The van der Waals surface area contributed by atoms with E-state index in [2.05, 4.69) is 18.2 Å². The van der Waals surface area contributed by atoms with Crippen molar-refractivity contribution in [3.63, 3.8) is 0 Å². The fourth-order valence-corrected chi connectivity index (χ4v) is 3.93. The third-order valence-corrected chi connectivity index (χ3v) is 5.72. The molecule has 0 saturated heterocycles. The average molecular weight is 441 g/mol. The lowest BCUT2D eigenvalue weighted by Crippen LogP contribution is -1.98. The molecule has 0 N–H and O–H groups in total. The minimum Gasteiger partial charge on any atom is -0.289 e. The number of ketones is 1. The summed E-state index contributed by atoms with van der Waals surface area (Å²) in [5, 5.41) is 0. The molecule has 1 aliphatic carbocycles. The summed E-state index contributed by atoms with van der Waals surface area (Å²) >= 11 is 0. The van der Waals surface area contributed by atoms with Gasteiger partial charge in [0.05, 0.1) is 11.4 Å². The Labute approximate surface area is 199 Å². The van der Waals surface area contributed by atoms with Gasteiger partial charge < -0.3 is 0 Å². The topological polar surface area (TPSA) is 42.9 Å². The van der Waals surface area contributed by atoms with Crippen molar-refractivity contribution in [1.82, 2.24) is 9.97 Å². The predicted octanol–water partition coefficient (Wildman–Crippen LogP) is 7.34. The van der Waals surface area contributed by atoms with E-state index in [1.807, 2.05) is 97.1 Å². The standard InChI is InChI=1S/C31H24N2O/c34-30(25-14-6-2-7-15-25)20-19-23-11-10-18-27(21-23)29-22-28(24-12-4-1-5-13-24)32-31(33-29)26-16-8-3-9-17-26/h1,3-6,8-22H,2,7H2/b20-19+. The van der Waals surface area contributed by atoms with Gasteiger partial charge in [-0.15, -0.1) is 0 Å². The van der Waals surface area contributed by atoms with Crippen molar-refractivity contribution in [2.75, 3.05) is 0 Å². The maximum atomic E-state index is 12.5. The highest BCUT2D eigenvalue weighted by atomic mass is 16.1. The second kappa shape index (κ2) is 10.1. The summed E-state index contributed by atoms with van der Waals surface area (Å²) in [5.74, 6) is 0.713. The Bertz CT molecular complexity index is 1340. The van der Waals surface area contributed by atoms with E-state index >= 15 is 0 Å². The fraction of sp³-hybridized carbons (Fsp3) is 0.0645. The number of allylic oxidation sites excluding steroid dienone is 5. The van der Waals surface area contributed by atoms with Gasteiger partial charge in [-0.2, -0.15) is 0 Å². The molecule has 164 valence electrons. The molecule has 3 heteroatoms. The zero-order valence-corrected chi connectivity index (χ0v) is 18.8. The first-order chi connectivity index (χ1) is 16.8. The number of hydrogen-bond donors (Lipinski definition) is 0. The van der Waals surface area contributed by atoms with E-state index in [4.69, 9.17) is 9.97 Å². The predicted molar refractivity (Wildman–Crippen MR) is 139 cm³/mol. The van der Waals surface area contributed by atoms with Gasteiger partial charge >= 0.3 is 0 Å². The Kier molecular flexibility index (Phi) is 6.35. The van der Waals surface area contributed by atoms with E-state index in [1.54, 1.807) is 6.08 Å². The normalized spacial score (nSPS) is 13.1. The molecule has 0 atom stereocenters. The molecule has 0 saturated carbocycles. The van der Waals surface area contributed by atoms with Crippen LogP contribution in [0.2, 0.25) is 0 Å². The molecule has 5 rings (SSSR count). The number of carbonyl (C=O) groups excluding carboxylic acids is 1. The van der Waals surface area contributed by atoms with Crippen molar-refractivity contribution in [1.29, 1.82) is 0 Å². The highest BCUT2D eigenvalue weighted by Gasteiger charge is 2.11.